The van der Waals surface area contributed by atoms with Gasteiger partial charge in [-0.15, -0.1) is 0 Å². The predicted octanol–water partition coefficient (Wildman–Crippen LogP) is 1.98. The molecular formula is C7H5ClN2O2. The SMILES string of the molecule is O=[N+]([O-])/C=C/c1ccncc1Cl. The molecule has 0 saturated heterocycles. The lowest BCUT2D eigenvalue weighted by Gasteiger charge is -1.92. The van der Waals surface area contributed by atoms with Crippen molar-refractivity contribution in [1.82, 2.24) is 4.98 Å². The third-order valence-electron chi connectivity index (χ3n) is 1.18. The summed E-state index contributed by atoms with van der Waals surface area (Å²) >= 11 is 5.67. The minimum atomic E-state index is -0.545. The molecule has 12 heavy (non-hydrogen) atoms. The molecule has 0 saturated carbocycles. The van der Waals surface area contributed by atoms with Crippen LogP contribution in [0.25, 0.3) is 6.08 Å². The van der Waals surface area contributed by atoms with Gasteiger partial charge in [0.2, 0.25) is 6.20 Å². The molecule has 0 atom stereocenters. The van der Waals surface area contributed by atoms with Crippen molar-refractivity contribution in [3.63, 3.8) is 0 Å². The van der Waals surface area contributed by atoms with Crippen molar-refractivity contribution in [1.29, 1.82) is 0 Å². The first-order chi connectivity index (χ1) is 5.70. The van der Waals surface area contributed by atoms with Crippen molar-refractivity contribution < 1.29 is 4.92 Å². The van der Waals surface area contributed by atoms with Gasteiger partial charge in [0.1, 0.15) is 0 Å². The van der Waals surface area contributed by atoms with Gasteiger partial charge in [0.05, 0.1) is 9.95 Å². The number of hydrogen-bond acceptors (Lipinski definition) is 3. The smallest absolute Gasteiger partial charge is 0.235 e. The van der Waals surface area contributed by atoms with Gasteiger partial charge in [-0.1, -0.05) is 11.6 Å². The van der Waals surface area contributed by atoms with E-state index in [1.807, 2.05) is 0 Å². The molecule has 4 nitrogen and oxygen atoms in total. The van der Waals surface area contributed by atoms with E-state index in [1.165, 1.54) is 18.5 Å². The number of nitro groups is 1. The Balaban J connectivity index is 2.89. The third-order valence-corrected chi connectivity index (χ3v) is 1.50. The first kappa shape index (κ1) is 8.67. The molecule has 0 aliphatic rings. The quantitative estimate of drug-likeness (QED) is 0.522. The predicted molar refractivity (Wildman–Crippen MR) is 45.3 cm³/mol. The lowest BCUT2D eigenvalue weighted by Crippen LogP contribution is -1.83. The minimum Gasteiger partial charge on any atom is -0.263 e. The molecule has 1 heterocycles. The van der Waals surface area contributed by atoms with E-state index in [0.717, 1.165) is 6.20 Å². The first-order valence-corrected chi connectivity index (χ1v) is 3.49. The Labute approximate surface area is 73.6 Å². The zero-order valence-corrected chi connectivity index (χ0v) is 6.73. The summed E-state index contributed by atoms with van der Waals surface area (Å²) in [6.07, 6.45) is 5.11. The van der Waals surface area contributed by atoms with Crippen LogP contribution in [-0.4, -0.2) is 9.91 Å². The summed E-state index contributed by atoms with van der Waals surface area (Å²) in [5.41, 5.74) is 0.586. The number of rotatable bonds is 2. The van der Waals surface area contributed by atoms with E-state index >= 15 is 0 Å². The maximum absolute atomic E-state index is 9.94. The highest BCUT2D eigenvalue weighted by atomic mass is 35.5. The Morgan fingerprint density at radius 3 is 3.00 bits per heavy atom. The van der Waals surface area contributed by atoms with Crippen LogP contribution >= 0.6 is 11.6 Å². The average Bonchev–Trinajstić information content (AvgIpc) is 2.03. The normalized spacial score (nSPS) is 10.4. The lowest BCUT2D eigenvalue weighted by molar-refractivity contribution is -0.400. The summed E-state index contributed by atoms with van der Waals surface area (Å²) in [5.74, 6) is 0. The second kappa shape index (κ2) is 3.82. The molecule has 1 aromatic heterocycles. The van der Waals surface area contributed by atoms with Crippen LogP contribution in [-0.2, 0) is 0 Å². The molecule has 0 radical (unpaired) electrons. The topological polar surface area (TPSA) is 56.0 Å². The Kier molecular flexibility index (Phi) is 2.76. The Morgan fingerprint density at radius 2 is 2.42 bits per heavy atom. The van der Waals surface area contributed by atoms with Crippen LogP contribution in [0.5, 0.6) is 0 Å². The van der Waals surface area contributed by atoms with Crippen molar-refractivity contribution in [2.75, 3.05) is 0 Å². The summed E-state index contributed by atoms with van der Waals surface area (Å²) in [4.78, 5) is 13.1. The van der Waals surface area contributed by atoms with E-state index in [-0.39, 0.29) is 0 Å². The molecular weight excluding hydrogens is 180 g/mol. The van der Waals surface area contributed by atoms with Crippen molar-refractivity contribution >= 4 is 17.7 Å². The minimum absolute atomic E-state index is 0.399. The lowest BCUT2D eigenvalue weighted by atomic mass is 10.3. The Bertz CT molecular complexity index is 325. The fraction of sp³-hybridized carbons (Fsp3) is 0. The van der Waals surface area contributed by atoms with Gasteiger partial charge in [-0.3, -0.25) is 15.1 Å². The number of hydrogen-bond donors (Lipinski definition) is 0. The van der Waals surface area contributed by atoms with Crippen LogP contribution in [0.4, 0.5) is 0 Å². The molecule has 0 bridgehead atoms. The molecule has 1 aromatic rings. The van der Waals surface area contributed by atoms with Gasteiger partial charge in [-0.05, 0) is 6.07 Å². The maximum atomic E-state index is 9.94. The molecule has 0 amide bonds. The number of pyridine rings is 1. The zero-order chi connectivity index (χ0) is 8.97. The van der Waals surface area contributed by atoms with Gasteiger partial charge in [0.15, 0.2) is 0 Å². The van der Waals surface area contributed by atoms with Crippen molar-refractivity contribution in [2.45, 2.75) is 0 Å². The summed E-state index contributed by atoms with van der Waals surface area (Å²) in [6.45, 7) is 0. The van der Waals surface area contributed by atoms with Crippen LogP contribution in [0.2, 0.25) is 5.02 Å². The largest absolute Gasteiger partial charge is 0.263 e. The van der Waals surface area contributed by atoms with E-state index in [0.29, 0.717) is 10.6 Å². The Hall–Kier alpha value is -1.42. The second-order valence-corrected chi connectivity index (χ2v) is 2.41. The molecule has 0 aromatic carbocycles. The molecule has 62 valence electrons. The van der Waals surface area contributed by atoms with E-state index in [9.17, 15) is 10.1 Å². The van der Waals surface area contributed by atoms with Gasteiger partial charge in [-0.25, -0.2) is 0 Å². The summed E-state index contributed by atoms with van der Waals surface area (Å²) < 4.78 is 0. The van der Waals surface area contributed by atoms with Crippen LogP contribution in [0, 0.1) is 10.1 Å². The molecule has 0 fully saturated rings. The van der Waals surface area contributed by atoms with E-state index in [1.54, 1.807) is 6.07 Å². The fourth-order valence-corrected chi connectivity index (χ4v) is 0.845. The number of nitrogens with zero attached hydrogens (tertiary/aromatic N) is 2. The van der Waals surface area contributed by atoms with Crippen molar-refractivity contribution in [3.8, 4) is 0 Å². The molecule has 0 N–H and O–H groups in total. The van der Waals surface area contributed by atoms with Crippen LogP contribution in [0.15, 0.2) is 24.7 Å². The Morgan fingerprint density at radius 1 is 1.67 bits per heavy atom. The van der Waals surface area contributed by atoms with E-state index in [2.05, 4.69) is 4.98 Å². The van der Waals surface area contributed by atoms with Gasteiger partial charge in [-0.2, -0.15) is 0 Å². The van der Waals surface area contributed by atoms with Crippen LogP contribution in [0.1, 0.15) is 5.56 Å². The fourth-order valence-electron chi connectivity index (χ4n) is 0.662. The highest BCUT2D eigenvalue weighted by Gasteiger charge is 1.95. The molecule has 0 unspecified atom stereocenters. The standard InChI is InChI=1S/C7H5ClN2O2/c8-7-5-9-3-1-6(7)2-4-10(11)12/h1-5H/b4-2+. The van der Waals surface area contributed by atoms with E-state index in [4.69, 9.17) is 11.6 Å². The first-order valence-electron chi connectivity index (χ1n) is 3.11. The zero-order valence-electron chi connectivity index (χ0n) is 5.98. The van der Waals surface area contributed by atoms with E-state index < -0.39 is 4.92 Å². The van der Waals surface area contributed by atoms with Gasteiger partial charge >= 0.3 is 0 Å². The van der Waals surface area contributed by atoms with Gasteiger partial charge in [0, 0.05) is 24.0 Å². The average molecular weight is 185 g/mol. The molecule has 0 aliphatic carbocycles. The van der Waals surface area contributed by atoms with Crippen LogP contribution in [0.3, 0.4) is 0 Å². The summed E-state index contributed by atoms with van der Waals surface area (Å²) in [7, 11) is 0. The highest BCUT2D eigenvalue weighted by molar-refractivity contribution is 6.31. The highest BCUT2D eigenvalue weighted by Crippen LogP contribution is 2.14. The molecule has 0 spiro atoms. The number of aromatic nitrogens is 1. The van der Waals surface area contributed by atoms with Gasteiger partial charge < -0.3 is 0 Å². The molecule has 0 aliphatic heterocycles. The molecule has 1 rings (SSSR count). The second-order valence-electron chi connectivity index (χ2n) is 2.00. The monoisotopic (exact) mass is 184 g/mol. The van der Waals surface area contributed by atoms with Gasteiger partial charge in [0.25, 0.3) is 0 Å². The number of halogens is 1. The van der Waals surface area contributed by atoms with Crippen LogP contribution < -0.4 is 0 Å². The van der Waals surface area contributed by atoms with Crippen molar-refractivity contribution in [3.05, 3.63) is 45.4 Å². The molecule has 5 heteroatoms. The third kappa shape index (κ3) is 2.32. The maximum Gasteiger partial charge on any atom is 0.235 e. The summed E-state index contributed by atoms with van der Waals surface area (Å²) in [6, 6.07) is 1.60. The summed E-state index contributed by atoms with van der Waals surface area (Å²) in [5, 5.41) is 10.3. The van der Waals surface area contributed by atoms with Crippen molar-refractivity contribution in [2.24, 2.45) is 0 Å².